The van der Waals surface area contributed by atoms with Gasteiger partial charge in [0.15, 0.2) is 0 Å². The number of hydrogen-bond acceptors (Lipinski definition) is 3. The van der Waals surface area contributed by atoms with Crippen LogP contribution in [0.15, 0.2) is 0 Å². The van der Waals surface area contributed by atoms with Crippen molar-refractivity contribution in [3.63, 3.8) is 0 Å². The lowest BCUT2D eigenvalue weighted by molar-refractivity contribution is 0.381. The van der Waals surface area contributed by atoms with Crippen LogP contribution in [0.1, 0.15) is 19.3 Å². The molecule has 0 aliphatic carbocycles. The molecule has 0 aromatic heterocycles. The van der Waals surface area contributed by atoms with Gasteiger partial charge in [0.25, 0.3) is 10.2 Å². The summed E-state index contributed by atoms with van der Waals surface area (Å²) < 4.78 is 26.7. The van der Waals surface area contributed by atoms with E-state index >= 15 is 0 Å². The summed E-state index contributed by atoms with van der Waals surface area (Å²) >= 11 is 0. The van der Waals surface area contributed by atoms with Gasteiger partial charge in [0.05, 0.1) is 6.17 Å². The average Bonchev–Trinajstić information content (AvgIpc) is 2.06. The minimum Gasteiger partial charge on any atom is -0.301 e. The van der Waals surface area contributed by atoms with Gasteiger partial charge < -0.3 is 5.32 Å². The summed E-state index contributed by atoms with van der Waals surface area (Å²) in [6.45, 7) is 0.886. The highest BCUT2D eigenvalue weighted by atomic mass is 32.2. The van der Waals surface area contributed by atoms with Gasteiger partial charge in [0, 0.05) is 7.05 Å². The molecule has 1 heterocycles. The quantitative estimate of drug-likeness (QED) is 0.546. The molecule has 1 fully saturated rings. The van der Waals surface area contributed by atoms with E-state index in [2.05, 4.69) is 14.8 Å². The Balaban J connectivity index is 2.39. The highest BCUT2D eigenvalue weighted by molar-refractivity contribution is 7.87. The Kier molecular flexibility index (Phi) is 3.45. The summed E-state index contributed by atoms with van der Waals surface area (Å²) in [5.41, 5.74) is 0. The van der Waals surface area contributed by atoms with Crippen LogP contribution in [0.2, 0.25) is 0 Å². The lowest BCUT2D eigenvalue weighted by Gasteiger charge is -2.23. The molecule has 5 nitrogen and oxygen atoms in total. The van der Waals surface area contributed by atoms with Gasteiger partial charge in [-0.25, -0.2) is 4.72 Å². The molecule has 0 aromatic rings. The minimum absolute atomic E-state index is 0.101. The normalized spacial score (nSPS) is 25.6. The van der Waals surface area contributed by atoms with E-state index in [0.717, 1.165) is 25.8 Å². The Morgan fingerprint density at radius 2 is 2.17 bits per heavy atom. The molecule has 1 aliphatic heterocycles. The average molecular weight is 193 g/mol. The summed E-state index contributed by atoms with van der Waals surface area (Å²) in [7, 11) is -1.89. The molecule has 0 spiro atoms. The van der Waals surface area contributed by atoms with Crippen molar-refractivity contribution in [2.24, 2.45) is 0 Å². The van der Waals surface area contributed by atoms with Crippen LogP contribution in [0, 0.1) is 0 Å². The van der Waals surface area contributed by atoms with Crippen LogP contribution in [-0.2, 0) is 10.2 Å². The van der Waals surface area contributed by atoms with Gasteiger partial charge >= 0.3 is 0 Å². The van der Waals surface area contributed by atoms with Gasteiger partial charge in [-0.05, 0) is 25.8 Å². The Morgan fingerprint density at radius 1 is 1.42 bits per heavy atom. The fraction of sp³-hybridized carbons (Fsp3) is 1.00. The van der Waals surface area contributed by atoms with Gasteiger partial charge in [-0.1, -0.05) is 0 Å². The molecule has 0 aromatic carbocycles. The van der Waals surface area contributed by atoms with E-state index in [1.54, 1.807) is 0 Å². The SMILES string of the molecule is CNS(=O)(=O)NC1CCCCN1. The van der Waals surface area contributed by atoms with Crippen LogP contribution in [0.4, 0.5) is 0 Å². The lowest BCUT2D eigenvalue weighted by Crippen LogP contribution is -2.50. The second kappa shape index (κ2) is 4.18. The highest BCUT2D eigenvalue weighted by Gasteiger charge is 2.17. The summed E-state index contributed by atoms with van der Waals surface area (Å²) in [6, 6.07) is 0. The molecule has 0 radical (unpaired) electrons. The topological polar surface area (TPSA) is 70.2 Å². The van der Waals surface area contributed by atoms with E-state index < -0.39 is 10.2 Å². The zero-order valence-electron chi connectivity index (χ0n) is 7.13. The Labute approximate surface area is 73.1 Å². The molecule has 6 heteroatoms. The first-order valence-electron chi connectivity index (χ1n) is 4.08. The molecule has 0 saturated carbocycles. The van der Waals surface area contributed by atoms with Gasteiger partial charge in [-0.2, -0.15) is 13.1 Å². The number of piperidine rings is 1. The lowest BCUT2D eigenvalue weighted by atomic mass is 10.1. The third-order valence-electron chi connectivity index (χ3n) is 1.88. The predicted molar refractivity (Wildman–Crippen MR) is 46.8 cm³/mol. The van der Waals surface area contributed by atoms with E-state index in [0.29, 0.717) is 0 Å². The smallest absolute Gasteiger partial charge is 0.278 e. The molecule has 1 unspecified atom stereocenters. The van der Waals surface area contributed by atoms with Crippen molar-refractivity contribution in [1.82, 2.24) is 14.8 Å². The van der Waals surface area contributed by atoms with Crippen LogP contribution in [0.5, 0.6) is 0 Å². The molecule has 0 amide bonds. The molecular formula is C6H15N3O2S. The third-order valence-corrected chi connectivity index (χ3v) is 3.01. The van der Waals surface area contributed by atoms with Crippen molar-refractivity contribution in [2.75, 3.05) is 13.6 Å². The van der Waals surface area contributed by atoms with Crippen LogP contribution >= 0.6 is 0 Å². The Hall–Kier alpha value is -0.170. The van der Waals surface area contributed by atoms with E-state index in [9.17, 15) is 8.42 Å². The molecule has 1 rings (SSSR count). The number of rotatable bonds is 3. The molecule has 3 N–H and O–H groups in total. The number of hydrogen-bond donors (Lipinski definition) is 3. The molecule has 1 saturated heterocycles. The molecular weight excluding hydrogens is 178 g/mol. The maximum atomic E-state index is 11.0. The summed E-state index contributed by atoms with van der Waals surface area (Å²) in [5.74, 6) is 0. The zero-order chi connectivity index (χ0) is 9.03. The highest BCUT2D eigenvalue weighted by Crippen LogP contribution is 2.04. The van der Waals surface area contributed by atoms with E-state index in [4.69, 9.17) is 0 Å². The minimum atomic E-state index is -3.28. The molecule has 0 bridgehead atoms. The van der Waals surface area contributed by atoms with Gasteiger partial charge in [0.1, 0.15) is 0 Å². The van der Waals surface area contributed by atoms with Crippen molar-refractivity contribution in [3.05, 3.63) is 0 Å². The molecule has 72 valence electrons. The van der Waals surface area contributed by atoms with Crippen molar-refractivity contribution >= 4 is 10.2 Å². The monoisotopic (exact) mass is 193 g/mol. The second-order valence-electron chi connectivity index (χ2n) is 2.83. The molecule has 1 aliphatic rings. The van der Waals surface area contributed by atoms with Crippen molar-refractivity contribution in [1.29, 1.82) is 0 Å². The molecule has 1 atom stereocenters. The first-order valence-corrected chi connectivity index (χ1v) is 5.56. The first kappa shape index (κ1) is 9.91. The Morgan fingerprint density at radius 3 is 2.67 bits per heavy atom. The van der Waals surface area contributed by atoms with Crippen molar-refractivity contribution in [3.8, 4) is 0 Å². The summed E-state index contributed by atoms with van der Waals surface area (Å²) in [5, 5.41) is 3.08. The predicted octanol–water partition coefficient (Wildman–Crippen LogP) is -0.860. The largest absolute Gasteiger partial charge is 0.301 e. The fourth-order valence-corrected chi connectivity index (χ4v) is 1.89. The third kappa shape index (κ3) is 3.06. The Bertz CT molecular complexity index is 221. The zero-order valence-corrected chi connectivity index (χ0v) is 7.95. The van der Waals surface area contributed by atoms with Gasteiger partial charge in [-0.3, -0.25) is 0 Å². The van der Waals surface area contributed by atoms with E-state index in [1.165, 1.54) is 7.05 Å². The van der Waals surface area contributed by atoms with E-state index in [-0.39, 0.29) is 6.17 Å². The number of nitrogens with one attached hydrogen (secondary N) is 3. The maximum Gasteiger partial charge on any atom is 0.278 e. The van der Waals surface area contributed by atoms with Crippen molar-refractivity contribution < 1.29 is 8.42 Å². The second-order valence-corrected chi connectivity index (χ2v) is 4.48. The molecule has 12 heavy (non-hydrogen) atoms. The van der Waals surface area contributed by atoms with E-state index in [1.807, 2.05) is 0 Å². The first-order chi connectivity index (χ1) is 5.64. The fourth-order valence-electron chi connectivity index (χ4n) is 1.20. The van der Waals surface area contributed by atoms with Crippen LogP contribution in [-0.4, -0.2) is 28.2 Å². The van der Waals surface area contributed by atoms with Gasteiger partial charge in [0.2, 0.25) is 0 Å². The van der Waals surface area contributed by atoms with Gasteiger partial charge in [-0.15, -0.1) is 0 Å². The summed E-state index contributed by atoms with van der Waals surface area (Å²) in [6.07, 6.45) is 2.96. The van der Waals surface area contributed by atoms with Crippen LogP contribution in [0.3, 0.4) is 0 Å². The van der Waals surface area contributed by atoms with Crippen LogP contribution < -0.4 is 14.8 Å². The standard InChI is InChI=1S/C6H15N3O2S/c1-7-12(10,11)9-6-4-2-3-5-8-6/h6-9H,2-5H2,1H3. The van der Waals surface area contributed by atoms with Crippen LogP contribution in [0.25, 0.3) is 0 Å². The van der Waals surface area contributed by atoms with Crippen molar-refractivity contribution in [2.45, 2.75) is 25.4 Å². The summed E-state index contributed by atoms with van der Waals surface area (Å²) in [4.78, 5) is 0. The maximum absolute atomic E-state index is 11.0.